The van der Waals surface area contributed by atoms with Crippen LogP contribution < -0.4 is 4.74 Å². The smallest absolute Gasteiger partial charge is 0.237 e. The molecule has 5 heteroatoms. The highest BCUT2D eigenvalue weighted by Crippen LogP contribution is 2.36. The van der Waals surface area contributed by atoms with Crippen molar-refractivity contribution in [3.63, 3.8) is 0 Å². The summed E-state index contributed by atoms with van der Waals surface area (Å²) >= 11 is 5.57. The van der Waals surface area contributed by atoms with Crippen molar-refractivity contribution in [3.05, 3.63) is 29.8 Å². The Labute approximate surface area is 123 Å². The number of ether oxygens (including phenoxy) is 1. The molecule has 0 unspecified atom stereocenters. The zero-order valence-electron chi connectivity index (χ0n) is 11.4. The Hall–Kier alpha value is -1.73. The Balaban J connectivity index is 2.20. The Morgan fingerprint density at radius 2 is 2.20 bits per heavy atom. The third-order valence-corrected chi connectivity index (χ3v) is 4.15. The van der Waals surface area contributed by atoms with Gasteiger partial charge in [0.1, 0.15) is 11.6 Å². The summed E-state index contributed by atoms with van der Waals surface area (Å²) in [6.45, 7) is 1.13. The number of amides is 1. The molecule has 0 atom stereocenters. The molecule has 0 radical (unpaired) electrons. The standard InChI is InChI=1S/C15H17ClN2O2/c1-20-13-4-2-3-12(9-13)15(11-17)5-7-18(8-6-15)14(19)10-16/h2-4,9H,5-8,10H2,1H3. The van der Waals surface area contributed by atoms with Crippen molar-refractivity contribution in [2.75, 3.05) is 26.1 Å². The molecule has 0 bridgehead atoms. The van der Waals surface area contributed by atoms with Crippen LogP contribution in [0.15, 0.2) is 24.3 Å². The second-order valence-corrected chi connectivity index (χ2v) is 5.21. The molecular formula is C15H17ClN2O2. The predicted molar refractivity (Wildman–Crippen MR) is 76.8 cm³/mol. The molecule has 1 aliphatic rings. The Morgan fingerprint density at radius 1 is 1.50 bits per heavy atom. The van der Waals surface area contributed by atoms with Crippen molar-refractivity contribution in [2.45, 2.75) is 18.3 Å². The molecule has 2 rings (SSSR count). The largest absolute Gasteiger partial charge is 0.497 e. The van der Waals surface area contributed by atoms with Crippen LogP contribution in [0.3, 0.4) is 0 Å². The first-order valence-electron chi connectivity index (χ1n) is 6.55. The van der Waals surface area contributed by atoms with Gasteiger partial charge in [0.25, 0.3) is 0 Å². The molecule has 1 heterocycles. The fourth-order valence-electron chi connectivity index (χ4n) is 2.61. The molecular weight excluding hydrogens is 276 g/mol. The number of benzene rings is 1. The monoisotopic (exact) mass is 292 g/mol. The lowest BCUT2D eigenvalue weighted by Gasteiger charge is -2.37. The van der Waals surface area contributed by atoms with E-state index >= 15 is 0 Å². The fraction of sp³-hybridized carbons (Fsp3) is 0.467. The van der Waals surface area contributed by atoms with Crippen LogP contribution in [0.25, 0.3) is 0 Å². The van der Waals surface area contributed by atoms with Crippen LogP contribution in [0.1, 0.15) is 18.4 Å². The maximum atomic E-state index is 11.6. The van der Waals surface area contributed by atoms with E-state index in [1.807, 2.05) is 24.3 Å². The maximum absolute atomic E-state index is 11.6. The summed E-state index contributed by atoms with van der Waals surface area (Å²) in [6.07, 6.45) is 1.25. The van der Waals surface area contributed by atoms with Crippen LogP contribution in [-0.2, 0) is 10.2 Å². The van der Waals surface area contributed by atoms with Gasteiger partial charge in [0.15, 0.2) is 0 Å². The first-order valence-corrected chi connectivity index (χ1v) is 7.08. The minimum atomic E-state index is -0.544. The number of halogens is 1. The second kappa shape index (κ2) is 6.15. The SMILES string of the molecule is COc1cccc(C2(C#N)CCN(C(=O)CCl)CC2)c1. The molecule has 4 nitrogen and oxygen atoms in total. The van der Waals surface area contributed by atoms with Gasteiger partial charge in [-0.15, -0.1) is 11.6 Å². The van der Waals surface area contributed by atoms with E-state index in [4.69, 9.17) is 16.3 Å². The number of hydrogen-bond donors (Lipinski definition) is 0. The zero-order chi connectivity index (χ0) is 14.6. The zero-order valence-corrected chi connectivity index (χ0v) is 12.2. The summed E-state index contributed by atoms with van der Waals surface area (Å²) in [4.78, 5) is 13.3. The highest BCUT2D eigenvalue weighted by molar-refractivity contribution is 6.27. The summed E-state index contributed by atoms with van der Waals surface area (Å²) in [7, 11) is 1.61. The van der Waals surface area contributed by atoms with Gasteiger partial charge < -0.3 is 9.64 Å². The van der Waals surface area contributed by atoms with Crippen LogP contribution in [0.4, 0.5) is 0 Å². The molecule has 0 aromatic heterocycles. The van der Waals surface area contributed by atoms with Crippen molar-refractivity contribution in [1.29, 1.82) is 5.26 Å². The van der Waals surface area contributed by atoms with Crippen LogP contribution in [0, 0.1) is 11.3 Å². The third-order valence-electron chi connectivity index (χ3n) is 3.92. The number of rotatable bonds is 3. The summed E-state index contributed by atoms with van der Waals surface area (Å²) in [6, 6.07) is 10.0. The number of carbonyl (C=O) groups excluding carboxylic acids is 1. The summed E-state index contributed by atoms with van der Waals surface area (Å²) in [5, 5.41) is 9.62. The molecule has 1 saturated heterocycles. The minimum Gasteiger partial charge on any atom is -0.497 e. The number of nitriles is 1. The van der Waals surface area contributed by atoms with E-state index in [0.717, 1.165) is 11.3 Å². The lowest BCUT2D eigenvalue weighted by Crippen LogP contribution is -2.45. The summed E-state index contributed by atoms with van der Waals surface area (Å²) < 4.78 is 5.22. The first-order chi connectivity index (χ1) is 9.65. The van der Waals surface area contributed by atoms with Gasteiger partial charge in [0, 0.05) is 13.1 Å². The van der Waals surface area contributed by atoms with E-state index < -0.39 is 5.41 Å². The molecule has 1 aromatic carbocycles. The van der Waals surface area contributed by atoms with E-state index in [-0.39, 0.29) is 11.8 Å². The number of alkyl halides is 1. The van der Waals surface area contributed by atoms with Crippen LogP contribution >= 0.6 is 11.6 Å². The van der Waals surface area contributed by atoms with Gasteiger partial charge >= 0.3 is 0 Å². The highest BCUT2D eigenvalue weighted by Gasteiger charge is 2.37. The Bertz CT molecular complexity index is 531. The molecule has 1 aromatic rings. The first kappa shape index (κ1) is 14.7. The number of nitrogens with zero attached hydrogens (tertiary/aromatic N) is 2. The second-order valence-electron chi connectivity index (χ2n) is 4.94. The van der Waals surface area contributed by atoms with Crippen LogP contribution in [-0.4, -0.2) is 36.9 Å². The van der Waals surface area contributed by atoms with Crippen molar-refractivity contribution >= 4 is 17.5 Å². The molecule has 20 heavy (non-hydrogen) atoms. The number of methoxy groups -OCH3 is 1. The third kappa shape index (κ3) is 2.73. The average molecular weight is 293 g/mol. The van der Waals surface area contributed by atoms with Gasteiger partial charge in [-0.25, -0.2) is 0 Å². The summed E-state index contributed by atoms with van der Waals surface area (Å²) in [5.74, 6) is 0.679. The van der Waals surface area contributed by atoms with Gasteiger partial charge in [-0.05, 0) is 30.5 Å². The van der Waals surface area contributed by atoms with Crippen LogP contribution in [0.5, 0.6) is 5.75 Å². The molecule has 1 amide bonds. The van der Waals surface area contributed by atoms with Crippen molar-refractivity contribution in [2.24, 2.45) is 0 Å². The van der Waals surface area contributed by atoms with Gasteiger partial charge in [-0.1, -0.05) is 12.1 Å². The van der Waals surface area contributed by atoms with Crippen LogP contribution in [0.2, 0.25) is 0 Å². The number of hydrogen-bond acceptors (Lipinski definition) is 3. The Morgan fingerprint density at radius 3 is 2.75 bits per heavy atom. The fourth-order valence-corrected chi connectivity index (χ4v) is 2.78. The van der Waals surface area contributed by atoms with Gasteiger partial charge in [0.2, 0.25) is 5.91 Å². The lowest BCUT2D eigenvalue weighted by atomic mass is 9.74. The molecule has 0 aliphatic carbocycles. The topological polar surface area (TPSA) is 53.3 Å². The molecule has 1 fully saturated rings. The minimum absolute atomic E-state index is 0.00128. The quantitative estimate of drug-likeness (QED) is 0.803. The number of likely N-dealkylation sites (tertiary alicyclic amines) is 1. The van der Waals surface area contributed by atoms with Crippen molar-refractivity contribution in [1.82, 2.24) is 4.90 Å². The molecule has 106 valence electrons. The van der Waals surface area contributed by atoms with E-state index in [1.54, 1.807) is 12.0 Å². The molecule has 0 N–H and O–H groups in total. The number of piperidine rings is 1. The lowest BCUT2D eigenvalue weighted by molar-refractivity contribution is -0.129. The molecule has 1 aliphatic heterocycles. The molecule has 0 saturated carbocycles. The molecule has 0 spiro atoms. The highest BCUT2D eigenvalue weighted by atomic mass is 35.5. The van der Waals surface area contributed by atoms with E-state index in [1.165, 1.54) is 0 Å². The average Bonchev–Trinajstić information content (AvgIpc) is 2.54. The van der Waals surface area contributed by atoms with Crippen molar-refractivity contribution < 1.29 is 9.53 Å². The normalized spacial score (nSPS) is 17.4. The maximum Gasteiger partial charge on any atom is 0.237 e. The Kier molecular flexibility index (Phi) is 4.51. The van der Waals surface area contributed by atoms with Gasteiger partial charge in [-0.3, -0.25) is 4.79 Å². The summed E-state index contributed by atoms with van der Waals surface area (Å²) in [5.41, 5.74) is 0.412. The predicted octanol–water partition coefficient (Wildman–Crippen LogP) is 2.32. The van der Waals surface area contributed by atoms with Gasteiger partial charge in [-0.2, -0.15) is 5.26 Å². The van der Waals surface area contributed by atoms with E-state index in [2.05, 4.69) is 6.07 Å². The van der Waals surface area contributed by atoms with Crippen molar-refractivity contribution in [3.8, 4) is 11.8 Å². The van der Waals surface area contributed by atoms with Gasteiger partial charge in [0.05, 0.1) is 18.6 Å². The van der Waals surface area contributed by atoms with E-state index in [9.17, 15) is 10.1 Å². The van der Waals surface area contributed by atoms with E-state index in [0.29, 0.717) is 25.9 Å². The number of carbonyl (C=O) groups is 1.